The maximum Gasteiger partial charge on any atom is 0.309 e. The van der Waals surface area contributed by atoms with E-state index >= 15 is 0 Å². The number of carboxylic acids is 2. The lowest BCUT2D eigenvalue weighted by Gasteiger charge is -2.70. The molecule has 0 aromatic heterocycles. The first-order chi connectivity index (χ1) is 16.7. The molecule has 5 aliphatic carbocycles. The van der Waals surface area contributed by atoms with Crippen molar-refractivity contribution in [2.24, 2.45) is 62.6 Å². The first-order valence-electron chi connectivity index (χ1n) is 14.1. The monoisotopic (exact) mass is 502 g/mol. The molecule has 36 heavy (non-hydrogen) atoms. The third kappa shape index (κ3) is 2.76. The van der Waals surface area contributed by atoms with E-state index in [-0.39, 0.29) is 41.6 Å². The molecule has 6 heteroatoms. The van der Waals surface area contributed by atoms with Crippen molar-refractivity contribution in [1.29, 1.82) is 0 Å². The lowest BCUT2D eigenvalue weighted by molar-refractivity contribution is -0.245. The zero-order valence-electron chi connectivity index (χ0n) is 22.7. The Kier molecular flexibility index (Phi) is 5.69. The van der Waals surface area contributed by atoms with Crippen molar-refractivity contribution >= 4 is 11.9 Å². The number of carboxylic acid groups (broad SMARTS) is 2. The molecular formula is C30H46O6. The van der Waals surface area contributed by atoms with Crippen LogP contribution in [0.15, 0.2) is 12.2 Å². The van der Waals surface area contributed by atoms with E-state index in [0.29, 0.717) is 19.3 Å². The van der Waals surface area contributed by atoms with Gasteiger partial charge >= 0.3 is 11.9 Å². The molecule has 5 rings (SSSR count). The van der Waals surface area contributed by atoms with Gasteiger partial charge in [0, 0.05) is 12.0 Å². The molecule has 5 fully saturated rings. The molecule has 0 spiro atoms. The minimum Gasteiger partial charge on any atom is -0.481 e. The molecule has 6 nitrogen and oxygen atoms in total. The van der Waals surface area contributed by atoms with E-state index in [4.69, 9.17) is 0 Å². The highest BCUT2D eigenvalue weighted by atomic mass is 16.4. The highest BCUT2D eigenvalue weighted by Crippen LogP contribution is 2.79. The van der Waals surface area contributed by atoms with Crippen LogP contribution in [0.3, 0.4) is 0 Å². The van der Waals surface area contributed by atoms with Gasteiger partial charge in [-0.05, 0) is 104 Å². The molecule has 4 N–H and O–H groups in total. The summed E-state index contributed by atoms with van der Waals surface area (Å²) in [6.45, 7) is 14.7. The average molecular weight is 503 g/mol. The predicted octanol–water partition coefficient (Wildman–Crippen LogP) is 4.98. The van der Waals surface area contributed by atoms with Gasteiger partial charge in [0.05, 0.1) is 17.4 Å². The van der Waals surface area contributed by atoms with Crippen molar-refractivity contribution in [1.82, 2.24) is 0 Å². The minimum atomic E-state index is -0.920. The number of aliphatic hydroxyl groups excluding tert-OH is 2. The van der Waals surface area contributed by atoms with Gasteiger partial charge in [-0.2, -0.15) is 0 Å². The van der Waals surface area contributed by atoms with Crippen LogP contribution in [0.5, 0.6) is 0 Å². The van der Waals surface area contributed by atoms with Crippen LogP contribution in [-0.4, -0.2) is 45.1 Å². The first kappa shape index (κ1) is 26.2. The van der Waals surface area contributed by atoms with Crippen LogP contribution in [0.1, 0.15) is 86.0 Å². The molecule has 11 atom stereocenters. The third-order valence-corrected chi connectivity index (χ3v) is 13.5. The average Bonchev–Trinajstić information content (AvgIpc) is 3.26. The molecular weight excluding hydrogens is 456 g/mol. The lowest BCUT2D eigenvalue weighted by atomic mass is 9.33. The molecule has 5 saturated carbocycles. The maximum absolute atomic E-state index is 12.8. The molecule has 0 heterocycles. The number of hydrogen-bond donors (Lipinski definition) is 4. The maximum atomic E-state index is 12.8. The molecule has 0 radical (unpaired) electrons. The van der Waals surface area contributed by atoms with Crippen molar-refractivity contribution in [2.75, 3.05) is 6.61 Å². The molecule has 0 bridgehead atoms. The van der Waals surface area contributed by atoms with Gasteiger partial charge in [-0.3, -0.25) is 9.59 Å². The SMILES string of the molecule is C=C(C)C1CCC2(C(=O)O)CCC3(CO)C(CCC4C5(C)C(C(=O)O)C(O)C(C)(C)C5CCC43C)C12. The predicted molar refractivity (Wildman–Crippen MR) is 136 cm³/mol. The normalized spacial score (nSPS) is 53.0. The van der Waals surface area contributed by atoms with Crippen molar-refractivity contribution in [3.05, 3.63) is 12.2 Å². The van der Waals surface area contributed by atoms with Gasteiger partial charge in [0.1, 0.15) is 0 Å². The van der Waals surface area contributed by atoms with Crippen LogP contribution in [-0.2, 0) is 9.59 Å². The number of rotatable bonds is 4. The fourth-order valence-corrected chi connectivity index (χ4v) is 11.9. The van der Waals surface area contributed by atoms with Crippen LogP contribution >= 0.6 is 0 Å². The first-order valence-corrected chi connectivity index (χ1v) is 14.1. The van der Waals surface area contributed by atoms with Crippen LogP contribution in [0, 0.1) is 62.6 Å². The second-order valence-electron chi connectivity index (χ2n) is 14.5. The number of carbonyl (C=O) groups is 2. The van der Waals surface area contributed by atoms with Gasteiger partial charge in [0.2, 0.25) is 0 Å². The van der Waals surface area contributed by atoms with Crippen molar-refractivity contribution in [3.8, 4) is 0 Å². The van der Waals surface area contributed by atoms with Crippen LogP contribution in [0.2, 0.25) is 0 Å². The standard InChI is InChI=1S/C30H46O6/c1-16(2)17-9-12-29(25(35)36)13-14-30(15-31)18(21(17)29)7-8-20-27(30,5)11-10-19-26(3,4)23(32)22(24(33)34)28(19,20)6/h17-23,31-32H,1,7-15H2,2-6H3,(H,33,34)(H,35,36). The summed E-state index contributed by atoms with van der Waals surface area (Å²) in [6.07, 6.45) is 5.14. The smallest absolute Gasteiger partial charge is 0.309 e. The summed E-state index contributed by atoms with van der Waals surface area (Å²) in [6, 6.07) is 0. The summed E-state index contributed by atoms with van der Waals surface area (Å²) in [5.74, 6) is -2.16. The van der Waals surface area contributed by atoms with Crippen molar-refractivity contribution in [3.63, 3.8) is 0 Å². The highest BCUT2D eigenvalue weighted by molar-refractivity contribution is 5.76. The van der Waals surface area contributed by atoms with Gasteiger partial charge in [0.25, 0.3) is 0 Å². The van der Waals surface area contributed by atoms with E-state index in [1.807, 2.05) is 20.8 Å². The molecule has 0 aromatic rings. The summed E-state index contributed by atoms with van der Waals surface area (Å²) in [5, 5.41) is 43.5. The topological polar surface area (TPSA) is 115 Å². The summed E-state index contributed by atoms with van der Waals surface area (Å²) in [4.78, 5) is 25.5. The van der Waals surface area contributed by atoms with Crippen LogP contribution in [0.4, 0.5) is 0 Å². The number of fused-ring (bicyclic) bond motifs is 7. The van der Waals surface area contributed by atoms with E-state index in [1.165, 1.54) is 0 Å². The van der Waals surface area contributed by atoms with Gasteiger partial charge in [-0.1, -0.05) is 39.8 Å². The van der Waals surface area contributed by atoms with Crippen LogP contribution < -0.4 is 0 Å². The largest absolute Gasteiger partial charge is 0.481 e. The van der Waals surface area contributed by atoms with Gasteiger partial charge in [0.15, 0.2) is 0 Å². The summed E-state index contributed by atoms with van der Waals surface area (Å²) < 4.78 is 0. The number of hydrogen-bond acceptors (Lipinski definition) is 4. The molecule has 0 saturated heterocycles. The molecule has 0 aliphatic heterocycles. The zero-order chi connectivity index (χ0) is 26.6. The quantitative estimate of drug-likeness (QED) is 0.403. The highest BCUT2D eigenvalue weighted by Gasteiger charge is 2.76. The second-order valence-corrected chi connectivity index (χ2v) is 14.5. The molecule has 5 aliphatic rings. The Morgan fingerprint density at radius 1 is 0.917 bits per heavy atom. The lowest BCUT2D eigenvalue weighted by Crippen LogP contribution is -2.67. The van der Waals surface area contributed by atoms with Gasteiger partial charge in [-0.25, -0.2) is 0 Å². The Bertz CT molecular complexity index is 988. The minimum absolute atomic E-state index is 0.00417. The Hall–Kier alpha value is -1.40. The van der Waals surface area contributed by atoms with Gasteiger partial charge < -0.3 is 20.4 Å². The van der Waals surface area contributed by atoms with E-state index in [0.717, 1.165) is 37.7 Å². The summed E-state index contributed by atoms with van der Waals surface area (Å²) in [5.41, 5.74) is -1.56. The summed E-state index contributed by atoms with van der Waals surface area (Å²) in [7, 11) is 0. The Morgan fingerprint density at radius 3 is 2.14 bits per heavy atom. The molecule has 0 aromatic carbocycles. The van der Waals surface area contributed by atoms with Crippen molar-refractivity contribution in [2.45, 2.75) is 92.1 Å². The molecule has 202 valence electrons. The Morgan fingerprint density at radius 2 is 1.58 bits per heavy atom. The van der Waals surface area contributed by atoms with Crippen molar-refractivity contribution < 1.29 is 30.0 Å². The van der Waals surface area contributed by atoms with Gasteiger partial charge in [-0.15, -0.1) is 0 Å². The third-order valence-electron chi connectivity index (χ3n) is 13.5. The van der Waals surface area contributed by atoms with E-state index in [9.17, 15) is 30.0 Å². The molecule has 11 unspecified atom stereocenters. The van der Waals surface area contributed by atoms with Crippen LogP contribution in [0.25, 0.3) is 0 Å². The summed E-state index contributed by atoms with van der Waals surface area (Å²) >= 11 is 0. The van der Waals surface area contributed by atoms with E-state index in [2.05, 4.69) is 20.4 Å². The number of aliphatic carboxylic acids is 2. The number of allylic oxidation sites excluding steroid dienone is 1. The Labute approximate surface area is 215 Å². The zero-order valence-corrected chi connectivity index (χ0v) is 22.7. The molecule has 0 amide bonds. The Balaban J connectivity index is 1.65. The number of aliphatic hydroxyl groups is 2. The fourth-order valence-electron chi connectivity index (χ4n) is 11.9. The van der Waals surface area contributed by atoms with E-state index in [1.54, 1.807) is 0 Å². The fraction of sp³-hybridized carbons (Fsp3) is 0.867. The second kappa shape index (κ2) is 7.81. The van der Waals surface area contributed by atoms with E-state index < -0.39 is 45.6 Å².